The van der Waals surface area contributed by atoms with Gasteiger partial charge in [0, 0.05) is 11.4 Å². The zero-order valence-electron chi connectivity index (χ0n) is 18.2. The second-order valence-corrected chi connectivity index (χ2v) is 7.39. The van der Waals surface area contributed by atoms with E-state index in [9.17, 15) is 14.3 Å². The molecule has 2 atom stereocenters. The number of carbonyl (C=O) groups is 1. The number of fused-ring (bicyclic) bond motifs is 1. The Balaban J connectivity index is 2.67. The van der Waals surface area contributed by atoms with E-state index < -0.39 is 48.1 Å². The van der Waals surface area contributed by atoms with Crippen molar-refractivity contribution in [3.63, 3.8) is 0 Å². The molecule has 0 saturated heterocycles. The van der Waals surface area contributed by atoms with Crippen molar-refractivity contribution in [2.45, 2.75) is 70.9 Å². The average Bonchev–Trinajstić information content (AvgIpc) is 2.44. The number of rotatable bonds is 3. The highest BCUT2D eigenvalue weighted by molar-refractivity contribution is 5.71. The van der Waals surface area contributed by atoms with Gasteiger partial charge in [-0.2, -0.15) is 0 Å². The highest BCUT2D eigenvalue weighted by Crippen LogP contribution is 2.45. The van der Waals surface area contributed by atoms with Crippen molar-refractivity contribution in [1.29, 1.82) is 0 Å². The number of aliphatic hydroxyl groups is 1. The smallest absolute Gasteiger partial charge is 0.309 e. The quantitative estimate of drug-likeness (QED) is 0.855. The Morgan fingerprint density at radius 2 is 2.17 bits per heavy atom. The monoisotopic (exact) mass is 326 g/mol. The van der Waals surface area contributed by atoms with Crippen LogP contribution in [0.1, 0.15) is 69.9 Å². The zero-order chi connectivity index (χ0) is 21.0. The van der Waals surface area contributed by atoms with E-state index in [1.807, 2.05) is 0 Å². The van der Waals surface area contributed by atoms with Crippen molar-refractivity contribution >= 4 is 5.97 Å². The fourth-order valence-electron chi connectivity index (χ4n) is 3.08. The second kappa shape index (κ2) is 6.23. The summed E-state index contributed by atoms with van der Waals surface area (Å²) in [6.45, 7) is 8.45. The first-order valence-electron chi connectivity index (χ1n) is 9.79. The van der Waals surface area contributed by atoms with E-state index in [2.05, 4.69) is 0 Å². The molecule has 0 radical (unpaired) electrons. The minimum absolute atomic E-state index is 0.139. The Morgan fingerprint density at radius 1 is 1.52 bits per heavy atom. The molecule has 0 aromatic heterocycles. The molecule has 3 nitrogen and oxygen atoms in total. The number of hydrogen-bond donors (Lipinski definition) is 1. The van der Waals surface area contributed by atoms with E-state index in [4.69, 9.17) is 10.2 Å². The molecule has 0 fully saturated rings. The van der Waals surface area contributed by atoms with E-state index >= 15 is 0 Å². The topological polar surface area (TPSA) is 46.5 Å². The van der Waals surface area contributed by atoms with Crippen molar-refractivity contribution in [2.75, 3.05) is 0 Å². The SMILES string of the molecule is [2H]C1([2H])c2cc(F)ccc2[C@H](C(C)C)[C@@](O)(CC(=O)OC(C)(C)C)C1([2H])[2H]. The summed E-state index contributed by atoms with van der Waals surface area (Å²) in [7, 11) is 0. The third kappa shape index (κ3) is 4.11. The molecule has 0 amide bonds. The molecule has 0 bridgehead atoms. The van der Waals surface area contributed by atoms with Gasteiger partial charge in [-0.05, 0) is 62.7 Å². The number of esters is 1. The molecule has 128 valence electrons. The van der Waals surface area contributed by atoms with Crippen LogP contribution in [0.3, 0.4) is 0 Å². The molecule has 4 heteroatoms. The normalized spacial score (nSPS) is 31.4. The number of halogens is 1. The van der Waals surface area contributed by atoms with Gasteiger partial charge in [0.15, 0.2) is 0 Å². The summed E-state index contributed by atoms with van der Waals surface area (Å²) >= 11 is 0. The Morgan fingerprint density at radius 3 is 2.74 bits per heavy atom. The van der Waals surface area contributed by atoms with Gasteiger partial charge >= 0.3 is 5.97 Å². The standard InChI is InChI=1S/C19H27FO3/c1-12(2)17-15-7-6-14(20)10-13(15)8-9-19(17,22)11-16(21)23-18(3,4)5/h6-7,10,12,17,22H,8-9,11H2,1-5H3/t17-,19-/m0/s1/i8D2,9D2. The van der Waals surface area contributed by atoms with Crippen molar-refractivity contribution in [1.82, 2.24) is 0 Å². The lowest BCUT2D eigenvalue weighted by Gasteiger charge is -2.43. The molecule has 1 aromatic carbocycles. The van der Waals surface area contributed by atoms with Crippen molar-refractivity contribution < 1.29 is 24.5 Å². The lowest BCUT2D eigenvalue weighted by molar-refractivity contribution is -0.162. The van der Waals surface area contributed by atoms with E-state index in [0.29, 0.717) is 5.56 Å². The number of hydrogen-bond acceptors (Lipinski definition) is 3. The first kappa shape index (κ1) is 12.9. The molecule has 0 unspecified atom stereocenters. The van der Waals surface area contributed by atoms with Crippen LogP contribution in [0, 0.1) is 11.7 Å². The van der Waals surface area contributed by atoms with Crippen LogP contribution in [0.15, 0.2) is 18.2 Å². The van der Waals surface area contributed by atoms with Crippen molar-refractivity contribution in [3.8, 4) is 0 Å². The predicted molar refractivity (Wildman–Crippen MR) is 87.7 cm³/mol. The van der Waals surface area contributed by atoms with Gasteiger partial charge in [0.1, 0.15) is 11.4 Å². The maximum absolute atomic E-state index is 13.8. The van der Waals surface area contributed by atoms with Gasteiger partial charge in [0.05, 0.1) is 12.0 Å². The van der Waals surface area contributed by atoms with Gasteiger partial charge in [-0.1, -0.05) is 19.9 Å². The Labute approximate surface area is 143 Å². The van der Waals surface area contributed by atoms with Gasteiger partial charge in [-0.25, -0.2) is 4.39 Å². The van der Waals surface area contributed by atoms with Gasteiger partial charge < -0.3 is 9.84 Å². The lowest BCUT2D eigenvalue weighted by Crippen LogP contribution is -2.45. The van der Waals surface area contributed by atoms with E-state index in [1.54, 1.807) is 34.6 Å². The summed E-state index contributed by atoms with van der Waals surface area (Å²) < 4.78 is 52.6. The van der Waals surface area contributed by atoms with Crippen LogP contribution >= 0.6 is 0 Å². The van der Waals surface area contributed by atoms with Gasteiger partial charge in [0.25, 0.3) is 0 Å². The Kier molecular flexibility index (Phi) is 3.51. The van der Waals surface area contributed by atoms with Crippen molar-refractivity contribution in [3.05, 3.63) is 35.1 Å². The molecule has 23 heavy (non-hydrogen) atoms. The molecule has 1 aliphatic carbocycles. The fourth-order valence-corrected chi connectivity index (χ4v) is 3.08. The van der Waals surface area contributed by atoms with Crippen LogP contribution in [0.5, 0.6) is 0 Å². The minimum atomic E-state index is -2.85. The molecule has 1 aliphatic rings. The summed E-state index contributed by atoms with van der Waals surface area (Å²) in [6.07, 6.45) is -6.27. The van der Waals surface area contributed by atoms with Gasteiger partial charge in [-0.3, -0.25) is 4.79 Å². The maximum atomic E-state index is 13.8. The molecule has 1 aromatic rings. The molecule has 0 aliphatic heterocycles. The average molecular weight is 326 g/mol. The zero-order valence-corrected chi connectivity index (χ0v) is 14.2. The highest BCUT2D eigenvalue weighted by atomic mass is 19.1. The summed E-state index contributed by atoms with van der Waals surface area (Å²) in [4.78, 5) is 12.4. The third-order valence-electron chi connectivity index (χ3n) is 3.78. The number of aryl methyl sites for hydroxylation is 1. The van der Waals surface area contributed by atoms with E-state index in [-0.39, 0.29) is 11.5 Å². The summed E-state index contributed by atoms with van der Waals surface area (Å²) in [6, 6.07) is 3.48. The van der Waals surface area contributed by atoms with Crippen LogP contribution in [0.2, 0.25) is 0 Å². The van der Waals surface area contributed by atoms with Crippen LogP contribution in [-0.2, 0) is 15.9 Å². The number of ether oxygens (including phenoxy) is 1. The van der Waals surface area contributed by atoms with Gasteiger partial charge in [0.2, 0.25) is 0 Å². The largest absolute Gasteiger partial charge is 0.460 e. The molecule has 0 saturated carbocycles. The maximum Gasteiger partial charge on any atom is 0.309 e. The Hall–Kier alpha value is -1.42. The third-order valence-corrected chi connectivity index (χ3v) is 3.78. The van der Waals surface area contributed by atoms with Crippen LogP contribution in [0.4, 0.5) is 4.39 Å². The molecule has 1 N–H and O–H groups in total. The number of benzene rings is 1. The molecule has 0 spiro atoms. The molecule has 2 rings (SSSR count). The van der Waals surface area contributed by atoms with E-state index in [1.165, 1.54) is 6.07 Å². The minimum Gasteiger partial charge on any atom is -0.460 e. The van der Waals surface area contributed by atoms with E-state index in [0.717, 1.165) is 12.1 Å². The van der Waals surface area contributed by atoms with Crippen molar-refractivity contribution in [2.24, 2.45) is 5.92 Å². The lowest BCUT2D eigenvalue weighted by atomic mass is 9.66. The van der Waals surface area contributed by atoms with Crippen LogP contribution < -0.4 is 0 Å². The predicted octanol–water partition coefficient (Wildman–Crippen LogP) is 3.97. The fraction of sp³-hybridized carbons (Fsp3) is 0.632. The first-order valence-corrected chi connectivity index (χ1v) is 7.79. The Bertz CT molecular complexity index is 743. The number of carbonyl (C=O) groups excluding carboxylic acids is 1. The summed E-state index contributed by atoms with van der Waals surface area (Å²) in [5.74, 6) is -2.76. The molecule has 0 heterocycles. The first-order chi connectivity index (χ1) is 12.0. The highest BCUT2D eigenvalue weighted by Gasteiger charge is 2.45. The van der Waals surface area contributed by atoms with Crippen LogP contribution in [-0.4, -0.2) is 22.3 Å². The van der Waals surface area contributed by atoms with Gasteiger partial charge in [-0.15, -0.1) is 0 Å². The second-order valence-electron chi connectivity index (χ2n) is 7.39. The molecular formula is C19H27FO3. The van der Waals surface area contributed by atoms with Crippen LogP contribution in [0.25, 0.3) is 0 Å². The molecular weight excluding hydrogens is 295 g/mol. The summed E-state index contributed by atoms with van der Waals surface area (Å²) in [5.41, 5.74) is -3.03. The summed E-state index contributed by atoms with van der Waals surface area (Å²) in [5, 5.41) is 11.4.